The monoisotopic (exact) mass is 395 g/mol. The number of anilines is 1. The second kappa shape index (κ2) is 7.90. The van der Waals surface area contributed by atoms with Gasteiger partial charge in [-0.3, -0.25) is 9.59 Å². The highest BCUT2D eigenvalue weighted by Gasteiger charge is 2.27. The third-order valence-electron chi connectivity index (χ3n) is 4.74. The van der Waals surface area contributed by atoms with Crippen LogP contribution in [0.3, 0.4) is 0 Å². The third kappa shape index (κ3) is 3.80. The quantitative estimate of drug-likeness (QED) is 0.672. The van der Waals surface area contributed by atoms with Gasteiger partial charge >= 0.3 is 0 Å². The summed E-state index contributed by atoms with van der Waals surface area (Å²) in [5.41, 5.74) is 0.975. The molecule has 3 aromatic rings. The smallest absolute Gasteiger partial charge is 0.252 e. The number of hydrogen-bond donors (Lipinski definition) is 1. The maximum atomic E-state index is 13.1. The summed E-state index contributed by atoms with van der Waals surface area (Å²) in [7, 11) is 0. The van der Waals surface area contributed by atoms with Gasteiger partial charge in [0.1, 0.15) is 5.82 Å². The highest BCUT2D eigenvalue weighted by molar-refractivity contribution is 7.13. The van der Waals surface area contributed by atoms with Crippen LogP contribution < -0.4 is 10.2 Å². The molecule has 0 radical (unpaired) electrons. The maximum absolute atomic E-state index is 13.1. The number of carbonyl (C=O) groups is 2. The highest BCUT2D eigenvalue weighted by Crippen LogP contribution is 2.23. The molecule has 4 rings (SSSR count). The van der Waals surface area contributed by atoms with Crippen molar-refractivity contribution in [2.45, 2.75) is 12.5 Å². The predicted molar refractivity (Wildman–Crippen MR) is 106 cm³/mol. The van der Waals surface area contributed by atoms with Gasteiger partial charge in [-0.2, -0.15) is 0 Å². The lowest BCUT2D eigenvalue weighted by Gasteiger charge is -2.16. The van der Waals surface area contributed by atoms with E-state index in [0.29, 0.717) is 23.2 Å². The Morgan fingerprint density at radius 3 is 2.57 bits per heavy atom. The number of hydrogen-bond acceptors (Lipinski definition) is 5. The van der Waals surface area contributed by atoms with Gasteiger partial charge < -0.3 is 10.2 Å². The fourth-order valence-corrected chi connectivity index (χ4v) is 4.00. The molecule has 5 nitrogen and oxygen atoms in total. The standard InChI is InChI=1S/C21H18FN3O2S/c22-15-7-5-14(6-8-15)19(26)17-3-1-2-4-18(17)20(27)24-16-9-11-25(13-16)21-23-10-12-28-21/h1-8,10,12,16H,9,11,13H2,(H,24,27). The van der Waals surface area contributed by atoms with E-state index in [4.69, 9.17) is 0 Å². The lowest BCUT2D eigenvalue weighted by molar-refractivity contribution is 0.0930. The molecule has 2 aromatic carbocycles. The Hall–Kier alpha value is -3.06. The Balaban J connectivity index is 1.49. The fraction of sp³-hybridized carbons (Fsp3) is 0.190. The van der Waals surface area contributed by atoms with Crippen LogP contribution in [0.5, 0.6) is 0 Å². The van der Waals surface area contributed by atoms with Gasteiger partial charge in [0, 0.05) is 41.8 Å². The van der Waals surface area contributed by atoms with Crippen molar-refractivity contribution in [3.63, 3.8) is 0 Å². The molecule has 1 atom stereocenters. The minimum atomic E-state index is -0.409. The molecule has 1 fully saturated rings. The number of thiazole rings is 1. The molecular formula is C21H18FN3O2S. The van der Waals surface area contributed by atoms with Gasteiger partial charge in [0.25, 0.3) is 5.91 Å². The Morgan fingerprint density at radius 2 is 1.86 bits per heavy atom. The SMILES string of the molecule is O=C(NC1CCN(c2nccs2)C1)c1ccccc1C(=O)c1ccc(F)cc1. The van der Waals surface area contributed by atoms with Crippen molar-refractivity contribution in [1.29, 1.82) is 0 Å². The number of nitrogens with one attached hydrogen (secondary N) is 1. The molecule has 1 amide bonds. The summed E-state index contributed by atoms with van der Waals surface area (Å²) in [5.74, 6) is -0.993. The summed E-state index contributed by atoms with van der Waals surface area (Å²) >= 11 is 1.57. The molecule has 142 valence electrons. The number of ketones is 1. The molecule has 1 aromatic heterocycles. The number of carbonyl (C=O) groups excluding carboxylic acids is 2. The lowest BCUT2D eigenvalue weighted by Crippen LogP contribution is -2.37. The molecule has 0 aliphatic carbocycles. The fourth-order valence-electron chi connectivity index (χ4n) is 3.32. The first-order valence-electron chi connectivity index (χ1n) is 8.96. The van der Waals surface area contributed by atoms with Gasteiger partial charge in [0.15, 0.2) is 10.9 Å². The average molecular weight is 395 g/mol. The Morgan fingerprint density at radius 1 is 1.11 bits per heavy atom. The average Bonchev–Trinajstić information content (AvgIpc) is 3.40. The van der Waals surface area contributed by atoms with E-state index in [9.17, 15) is 14.0 Å². The van der Waals surface area contributed by atoms with Crippen molar-refractivity contribution in [3.8, 4) is 0 Å². The largest absolute Gasteiger partial charge is 0.347 e. The van der Waals surface area contributed by atoms with Gasteiger partial charge in [-0.05, 0) is 36.8 Å². The first kappa shape index (κ1) is 18.3. The van der Waals surface area contributed by atoms with Gasteiger partial charge in [0.05, 0.1) is 5.56 Å². The predicted octanol–water partition coefficient (Wildman–Crippen LogP) is 3.52. The Labute approximate surface area is 165 Å². The zero-order chi connectivity index (χ0) is 19.5. The Kier molecular flexibility index (Phi) is 5.16. The van der Waals surface area contributed by atoms with Crippen LogP contribution in [0.2, 0.25) is 0 Å². The van der Waals surface area contributed by atoms with Crippen molar-refractivity contribution < 1.29 is 14.0 Å². The molecule has 2 heterocycles. The first-order valence-corrected chi connectivity index (χ1v) is 9.84. The molecule has 0 saturated carbocycles. The summed E-state index contributed by atoms with van der Waals surface area (Å²) < 4.78 is 13.1. The molecule has 1 aliphatic heterocycles. The number of aromatic nitrogens is 1. The molecular weight excluding hydrogens is 377 g/mol. The van der Waals surface area contributed by atoms with Crippen LogP contribution in [0.15, 0.2) is 60.1 Å². The molecule has 28 heavy (non-hydrogen) atoms. The summed E-state index contributed by atoms with van der Waals surface area (Å²) in [4.78, 5) is 32.1. The minimum Gasteiger partial charge on any atom is -0.347 e. The normalized spacial score (nSPS) is 16.2. The van der Waals surface area contributed by atoms with Crippen molar-refractivity contribution in [2.75, 3.05) is 18.0 Å². The van der Waals surface area contributed by atoms with Crippen LogP contribution in [0.25, 0.3) is 0 Å². The van der Waals surface area contributed by atoms with Gasteiger partial charge in [-0.15, -0.1) is 11.3 Å². The van der Waals surface area contributed by atoms with Crippen molar-refractivity contribution in [3.05, 3.63) is 82.6 Å². The lowest BCUT2D eigenvalue weighted by atomic mass is 9.97. The first-order chi connectivity index (χ1) is 13.6. The number of rotatable bonds is 5. The number of halogens is 1. The van der Waals surface area contributed by atoms with Crippen molar-refractivity contribution >= 4 is 28.2 Å². The number of amides is 1. The molecule has 7 heteroatoms. The second-order valence-electron chi connectivity index (χ2n) is 6.60. The van der Waals surface area contributed by atoms with Gasteiger partial charge in [-0.1, -0.05) is 18.2 Å². The zero-order valence-corrected chi connectivity index (χ0v) is 15.8. The number of nitrogens with zero attached hydrogens (tertiary/aromatic N) is 2. The van der Waals surface area contributed by atoms with E-state index in [0.717, 1.165) is 18.1 Å². The molecule has 1 aliphatic rings. The van der Waals surface area contributed by atoms with E-state index in [-0.39, 0.29) is 17.7 Å². The second-order valence-corrected chi connectivity index (χ2v) is 7.47. The van der Waals surface area contributed by atoms with Gasteiger partial charge in [0.2, 0.25) is 0 Å². The molecule has 1 saturated heterocycles. The van der Waals surface area contributed by atoms with Crippen LogP contribution in [-0.4, -0.2) is 35.8 Å². The van der Waals surface area contributed by atoms with Crippen LogP contribution in [0.1, 0.15) is 32.7 Å². The van der Waals surface area contributed by atoms with E-state index in [1.165, 1.54) is 24.3 Å². The molecule has 0 bridgehead atoms. The van der Waals surface area contributed by atoms with Crippen LogP contribution in [0.4, 0.5) is 9.52 Å². The topological polar surface area (TPSA) is 62.3 Å². The van der Waals surface area contributed by atoms with E-state index >= 15 is 0 Å². The highest BCUT2D eigenvalue weighted by atomic mass is 32.1. The summed E-state index contributed by atoms with van der Waals surface area (Å²) in [5, 5.41) is 5.90. The molecule has 0 spiro atoms. The summed E-state index contributed by atoms with van der Waals surface area (Å²) in [6, 6.07) is 12.0. The minimum absolute atomic E-state index is 0.00891. The van der Waals surface area contributed by atoms with Crippen LogP contribution in [-0.2, 0) is 0 Å². The zero-order valence-electron chi connectivity index (χ0n) is 15.0. The van der Waals surface area contributed by atoms with Crippen LogP contribution in [0, 0.1) is 5.82 Å². The summed E-state index contributed by atoms with van der Waals surface area (Å²) in [6.07, 6.45) is 2.59. The maximum Gasteiger partial charge on any atom is 0.252 e. The third-order valence-corrected chi connectivity index (χ3v) is 5.57. The van der Waals surface area contributed by atoms with Gasteiger partial charge in [-0.25, -0.2) is 9.37 Å². The molecule has 1 N–H and O–H groups in total. The van der Waals surface area contributed by atoms with E-state index in [1.807, 2.05) is 5.38 Å². The van der Waals surface area contributed by atoms with E-state index in [1.54, 1.807) is 41.8 Å². The van der Waals surface area contributed by atoms with E-state index < -0.39 is 5.82 Å². The number of benzene rings is 2. The summed E-state index contributed by atoms with van der Waals surface area (Å²) in [6.45, 7) is 1.52. The molecule has 1 unspecified atom stereocenters. The van der Waals surface area contributed by atoms with E-state index in [2.05, 4.69) is 15.2 Å². The van der Waals surface area contributed by atoms with Crippen molar-refractivity contribution in [2.24, 2.45) is 0 Å². The van der Waals surface area contributed by atoms with Crippen LogP contribution >= 0.6 is 11.3 Å². The Bertz CT molecular complexity index is 989. The van der Waals surface area contributed by atoms with Crippen molar-refractivity contribution in [1.82, 2.24) is 10.3 Å².